The van der Waals surface area contributed by atoms with Crippen molar-refractivity contribution >= 4 is 17.8 Å². The fraction of sp³-hybridized carbons (Fsp3) is 0.750. The first-order chi connectivity index (χ1) is 8.41. The standard InChI is InChI=1S/C12H19NO5/c1-2-12(5-3-4-6-12)11(18)13(7-9(14)15)8-10(16)17/h2-8H2,1H3,(H,14,15)(H,16,17). The number of carboxylic acid groups (broad SMARTS) is 2. The lowest BCUT2D eigenvalue weighted by atomic mass is 9.82. The zero-order chi connectivity index (χ0) is 13.8. The second kappa shape index (κ2) is 5.84. The third-order valence-electron chi connectivity index (χ3n) is 3.63. The maximum atomic E-state index is 12.4. The Balaban J connectivity index is 2.85. The third-order valence-corrected chi connectivity index (χ3v) is 3.63. The van der Waals surface area contributed by atoms with Crippen LogP contribution in [0.3, 0.4) is 0 Å². The highest BCUT2D eigenvalue weighted by Gasteiger charge is 2.42. The molecule has 0 aromatic rings. The van der Waals surface area contributed by atoms with Crippen LogP contribution in [-0.4, -0.2) is 46.0 Å². The average Bonchev–Trinajstić information content (AvgIpc) is 2.75. The molecule has 0 saturated heterocycles. The van der Waals surface area contributed by atoms with E-state index in [9.17, 15) is 14.4 Å². The summed E-state index contributed by atoms with van der Waals surface area (Å²) in [6.45, 7) is 0.794. The fourth-order valence-electron chi connectivity index (χ4n) is 2.63. The molecule has 0 heterocycles. The summed E-state index contributed by atoms with van der Waals surface area (Å²) in [6, 6.07) is 0. The van der Waals surface area contributed by atoms with Gasteiger partial charge in [0.2, 0.25) is 5.91 Å². The third kappa shape index (κ3) is 3.21. The quantitative estimate of drug-likeness (QED) is 0.738. The van der Waals surface area contributed by atoms with Crippen LogP contribution < -0.4 is 0 Å². The number of hydrogen-bond donors (Lipinski definition) is 2. The smallest absolute Gasteiger partial charge is 0.323 e. The molecule has 1 aliphatic carbocycles. The van der Waals surface area contributed by atoms with Crippen molar-refractivity contribution in [1.82, 2.24) is 4.90 Å². The Morgan fingerprint density at radius 1 is 1.06 bits per heavy atom. The number of amides is 1. The molecule has 1 fully saturated rings. The normalized spacial score (nSPS) is 17.4. The molecule has 1 saturated carbocycles. The lowest BCUT2D eigenvalue weighted by Crippen LogP contribution is -2.47. The van der Waals surface area contributed by atoms with E-state index in [0.29, 0.717) is 6.42 Å². The Morgan fingerprint density at radius 2 is 1.50 bits per heavy atom. The van der Waals surface area contributed by atoms with Crippen molar-refractivity contribution < 1.29 is 24.6 Å². The van der Waals surface area contributed by atoms with Gasteiger partial charge in [-0.05, 0) is 19.3 Å². The van der Waals surface area contributed by atoms with Crippen molar-refractivity contribution in [2.45, 2.75) is 39.0 Å². The lowest BCUT2D eigenvalue weighted by Gasteiger charge is -2.32. The molecule has 2 N–H and O–H groups in total. The van der Waals surface area contributed by atoms with Crippen LogP contribution in [0.2, 0.25) is 0 Å². The van der Waals surface area contributed by atoms with E-state index in [1.54, 1.807) is 0 Å². The first-order valence-electron chi connectivity index (χ1n) is 6.14. The van der Waals surface area contributed by atoms with Crippen LogP contribution in [0.4, 0.5) is 0 Å². The first-order valence-corrected chi connectivity index (χ1v) is 6.14. The highest BCUT2D eigenvalue weighted by molar-refractivity contribution is 5.89. The van der Waals surface area contributed by atoms with Crippen molar-refractivity contribution in [3.05, 3.63) is 0 Å². The molecule has 0 radical (unpaired) electrons. The molecule has 1 rings (SSSR count). The van der Waals surface area contributed by atoms with Gasteiger partial charge in [-0.1, -0.05) is 19.8 Å². The summed E-state index contributed by atoms with van der Waals surface area (Å²) in [5.41, 5.74) is -0.551. The summed E-state index contributed by atoms with van der Waals surface area (Å²) < 4.78 is 0. The molecular formula is C12H19NO5. The van der Waals surface area contributed by atoms with Gasteiger partial charge in [-0.15, -0.1) is 0 Å². The second-order valence-corrected chi connectivity index (χ2v) is 4.79. The molecule has 0 aromatic carbocycles. The van der Waals surface area contributed by atoms with Crippen LogP contribution in [0.15, 0.2) is 0 Å². The Morgan fingerprint density at radius 3 is 1.83 bits per heavy atom. The summed E-state index contributed by atoms with van der Waals surface area (Å²) in [5, 5.41) is 17.5. The predicted octanol–water partition coefficient (Wildman–Crippen LogP) is 0.955. The van der Waals surface area contributed by atoms with Crippen LogP contribution in [0, 0.1) is 5.41 Å². The molecule has 1 aliphatic rings. The molecule has 0 aromatic heterocycles. The van der Waals surface area contributed by atoms with E-state index in [0.717, 1.165) is 30.6 Å². The fourth-order valence-corrected chi connectivity index (χ4v) is 2.63. The number of hydrogen-bond acceptors (Lipinski definition) is 3. The van der Waals surface area contributed by atoms with Gasteiger partial charge in [-0.3, -0.25) is 14.4 Å². The van der Waals surface area contributed by atoms with Gasteiger partial charge in [-0.2, -0.15) is 0 Å². The molecule has 0 aliphatic heterocycles. The molecule has 18 heavy (non-hydrogen) atoms. The number of carboxylic acids is 2. The van der Waals surface area contributed by atoms with Crippen molar-refractivity contribution in [2.24, 2.45) is 5.41 Å². The topological polar surface area (TPSA) is 94.9 Å². The zero-order valence-corrected chi connectivity index (χ0v) is 10.5. The van der Waals surface area contributed by atoms with Crippen LogP contribution >= 0.6 is 0 Å². The molecular weight excluding hydrogens is 238 g/mol. The first kappa shape index (κ1) is 14.5. The van der Waals surface area contributed by atoms with Gasteiger partial charge < -0.3 is 15.1 Å². The monoisotopic (exact) mass is 257 g/mol. The van der Waals surface area contributed by atoms with Crippen molar-refractivity contribution in [3.63, 3.8) is 0 Å². The van der Waals surface area contributed by atoms with Gasteiger partial charge in [0.25, 0.3) is 0 Å². The minimum absolute atomic E-state index is 0.327. The highest BCUT2D eigenvalue weighted by Crippen LogP contribution is 2.42. The Hall–Kier alpha value is -1.59. The van der Waals surface area contributed by atoms with Gasteiger partial charge in [0.15, 0.2) is 0 Å². The molecule has 1 amide bonds. The van der Waals surface area contributed by atoms with E-state index in [1.807, 2.05) is 6.92 Å². The molecule has 0 bridgehead atoms. The largest absolute Gasteiger partial charge is 0.480 e. The highest BCUT2D eigenvalue weighted by atomic mass is 16.4. The van der Waals surface area contributed by atoms with Gasteiger partial charge in [0.1, 0.15) is 13.1 Å². The summed E-state index contributed by atoms with van der Waals surface area (Å²) in [4.78, 5) is 34.7. The minimum atomic E-state index is -1.19. The maximum absolute atomic E-state index is 12.4. The summed E-state index contributed by atoms with van der Waals surface area (Å²) >= 11 is 0. The molecule has 0 atom stereocenters. The van der Waals surface area contributed by atoms with Gasteiger partial charge in [-0.25, -0.2) is 0 Å². The lowest BCUT2D eigenvalue weighted by molar-refractivity contribution is -0.154. The van der Waals surface area contributed by atoms with Crippen LogP contribution in [0.1, 0.15) is 39.0 Å². The van der Waals surface area contributed by atoms with E-state index in [2.05, 4.69) is 0 Å². The molecule has 102 valence electrons. The molecule has 0 spiro atoms. The van der Waals surface area contributed by atoms with Gasteiger partial charge >= 0.3 is 11.9 Å². The van der Waals surface area contributed by atoms with Crippen molar-refractivity contribution in [2.75, 3.05) is 13.1 Å². The van der Waals surface area contributed by atoms with Crippen LogP contribution in [-0.2, 0) is 14.4 Å². The Kier molecular flexibility index (Phi) is 4.69. The Labute approximate surface area is 106 Å². The van der Waals surface area contributed by atoms with E-state index >= 15 is 0 Å². The average molecular weight is 257 g/mol. The zero-order valence-electron chi connectivity index (χ0n) is 10.5. The SMILES string of the molecule is CCC1(C(=O)N(CC(=O)O)CC(=O)O)CCCC1. The number of rotatable bonds is 6. The van der Waals surface area contributed by atoms with Crippen LogP contribution in [0.25, 0.3) is 0 Å². The molecule has 6 nitrogen and oxygen atoms in total. The van der Waals surface area contributed by atoms with Crippen molar-refractivity contribution in [3.8, 4) is 0 Å². The molecule has 0 unspecified atom stereocenters. The van der Waals surface area contributed by atoms with E-state index < -0.39 is 30.4 Å². The van der Waals surface area contributed by atoms with Gasteiger partial charge in [0, 0.05) is 5.41 Å². The number of carbonyl (C=O) groups excluding carboxylic acids is 1. The number of aliphatic carboxylic acids is 2. The predicted molar refractivity (Wildman–Crippen MR) is 63.0 cm³/mol. The Bertz CT molecular complexity index is 330. The number of carbonyl (C=O) groups is 3. The molecule has 6 heteroatoms. The second-order valence-electron chi connectivity index (χ2n) is 4.79. The number of nitrogens with zero attached hydrogens (tertiary/aromatic N) is 1. The summed E-state index contributed by atoms with van der Waals surface area (Å²) in [5.74, 6) is -2.70. The van der Waals surface area contributed by atoms with Crippen LogP contribution in [0.5, 0.6) is 0 Å². The maximum Gasteiger partial charge on any atom is 0.323 e. The van der Waals surface area contributed by atoms with Crippen molar-refractivity contribution in [1.29, 1.82) is 0 Å². The van der Waals surface area contributed by atoms with E-state index in [1.165, 1.54) is 0 Å². The summed E-state index contributed by atoms with van der Waals surface area (Å²) in [7, 11) is 0. The summed E-state index contributed by atoms with van der Waals surface area (Å²) in [6.07, 6.45) is 3.94. The van der Waals surface area contributed by atoms with Gasteiger partial charge in [0.05, 0.1) is 0 Å². The van der Waals surface area contributed by atoms with E-state index in [-0.39, 0.29) is 5.91 Å². The minimum Gasteiger partial charge on any atom is -0.480 e. The van der Waals surface area contributed by atoms with E-state index in [4.69, 9.17) is 10.2 Å².